The van der Waals surface area contributed by atoms with Gasteiger partial charge in [-0.05, 0) is 29.8 Å². The van der Waals surface area contributed by atoms with Crippen LogP contribution in [0, 0.1) is 0 Å². The summed E-state index contributed by atoms with van der Waals surface area (Å²) in [6, 6.07) is 12.1. The molecule has 3 aromatic heterocycles. The molecular formula is C18H14N6O2S. The maximum absolute atomic E-state index is 12.2. The van der Waals surface area contributed by atoms with Crippen molar-refractivity contribution >= 4 is 33.0 Å². The van der Waals surface area contributed by atoms with Crippen LogP contribution in [0.15, 0.2) is 65.8 Å². The lowest BCUT2D eigenvalue weighted by Crippen LogP contribution is -2.13. The van der Waals surface area contributed by atoms with Crippen molar-refractivity contribution in [3.05, 3.63) is 82.5 Å². The number of carbonyl (C=O) groups is 1. The van der Waals surface area contributed by atoms with E-state index in [4.69, 9.17) is 0 Å². The van der Waals surface area contributed by atoms with Gasteiger partial charge in [-0.25, -0.2) is 4.98 Å². The highest BCUT2D eigenvalue weighted by atomic mass is 32.1. The third-order valence-electron chi connectivity index (χ3n) is 3.77. The van der Waals surface area contributed by atoms with Crippen LogP contribution in [0.4, 0.5) is 10.8 Å². The van der Waals surface area contributed by atoms with E-state index in [-0.39, 0.29) is 11.5 Å². The lowest BCUT2D eigenvalue weighted by molar-refractivity contribution is 0.102. The minimum absolute atomic E-state index is 0.183. The Morgan fingerprint density at radius 2 is 1.81 bits per heavy atom. The number of nitrogens with one attached hydrogen (secondary N) is 2. The van der Waals surface area contributed by atoms with Crippen LogP contribution in [-0.4, -0.2) is 25.5 Å². The van der Waals surface area contributed by atoms with Crippen LogP contribution >= 0.6 is 11.3 Å². The molecule has 134 valence electrons. The third kappa shape index (κ3) is 3.82. The third-order valence-corrected chi connectivity index (χ3v) is 4.65. The van der Waals surface area contributed by atoms with Crippen LogP contribution in [0.1, 0.15) is 15.9 Å². The Morgan fingerprint density at radius 3 is 2.56 bits per heavy atom. The zero-order valence-corrected chi connectivity index (χ0v) is 14.8. The molecule has 0 aliphatic carbocycles. The predicted molar refractivity (Wildman–Crippen MR) is 103 cm³/mol. The van der Waals surface area contributed by atoms with Gasteiger partial charge in [0, 0.05) is 42.5 Å². The van der Waals surface area contributed by atoms with Crippen molar-refractivity contribution in [2.75, 3.05) is 10.6 Å². The van der Waals surface area contributed by atoms with E-state index in [1.54, 1.807) is 36.7 Å². The van der Waals surface area contributed by atoms with Crippen molar-refractivity contribution < 1.29 is 4.79 Å². The quantitative estimate of drug-likeness (QED) is 0.553. The molecule has 0 aliphatic heterocycles. The van der Waals surface area contributed by atoms with E-state index in [9.17, 15) is 9.59 Å². The average Bonchev–Trinajstić information content (AvgIpc) is 3.12. The highest BCUT2D eigenvalue weighted by molar-refractivity contribution is 7.20. The van der Waals surface area contributed by atoms with Crippen molar-refractivity contribution in [1.82, 2.24) is 19.6 Å². The molecule has 1 amide bonds. The number of aromatic nitrogens is 4. The van der Waals surface area contributed by atoms with E-state index in [0.29, 0.717) is 27.9 Å². The number of benzene rings is 1. The molecule has 3 heterocycles. The van der Waals surface area contributed by atoms with E-state index in [1.807, 2.05) is 12.1 Å². The molecule has 0 radical (unpaired) electrons. The van der Waals surface area contributed by atoms with Crippen LogP contribution in [0.3, 0.4) is 0 Å². The number of amides is 1. The molecule has 2 N–H and O–H groups in total. The molecule has 4 aromatic rings. The highest BCUT2D eigenvalue weighted by Gasteiger charge is 2.08. The summed E-state index contributed by atoms with van der Waals surface area (Å²) in [5, 5.41) is 10.8. The Morgan fingerprint density at radius 1 is 1.04 bits per heavy atom. The summed E-state index contributed by atoms with van der Waals surface area (Å²) >= 11 is 1.30. The smallest absolute Gasteiger partial charge is 0.275 e. The highest BCUT2D eigenvalue weighted by Crippen LogP contribution is 2.17. The number of anilines is 2. The molecule has 0 bridgehead atoms. The van der Waals surface area contributed by atoms with Gasteiger partial charge in [0.2, 0.25) is 10.1 Å². The normalized spacial score (nSPS) is 10.7. The molecule has 0 atom stereocenters. The molecule has 4 rings (SSSR count). The lowest BCUT2D eigenvalue weighted by Gasteiger charge is -2.06. The second kappa shape index (κ2) is 7.34. The summed E-state index contributed by atoms with van der Waals surface area (Å²) in [6.07, 6.45) is 4.71. The molecule has 0 fully saturated rings. The van der Waals surface area contributed by atoms with Crippen molar-refractivity contribution in [1.29, 1.82) is 0 Å². The van der Waals surface area contributed by atoms with E-state index in [1.165, 1.54) is 28.1 Å². The Labute approximate surface area is 157 Å². The zero-order valence-electron chi connectivity index (χ0n) is 14.0. The fraction of sp³-hybridized carbons (Fsp3) is 0.0556. The summed E-state index contributed by atoms with van der Waals surface area (Å²) in [4.78, 5) is 32.5. The molecule has 0 aliphatic rings. The van der Waals surface area contributed by atoms with Crippen molar-refractivity contribution in [2.24, 2.45) is 0 Å². The fourth-order valence-electron chi connectivity index (χ4n) is 2.41. The van der Waals surface area contributed by atoms with Gasteiger partial charge in [0.05, 0.1) is 0 Å². The predicted octanol–water partition coefficient (Wildman–Crippen LogP) is 2.41. The first kappa shape index (κ1) is 16.9. The summed E-state index contributed by atoms with van der Waals surface area (Å²) in [5.74, 6) is -0.183. The number of carbonyl (C=O) groups excluding carboxylic acids is 1. The summed E-state index contributed by atoms with van der Waals surface area (Å²) < 4.78 is 1.26. The van der Waals surface area contributed by atoms with Gasteiger partial charge >= 0.3 is 0 Å². The van der Waals surface area contributed by atoms with Crippen molar-refractivity contribution in [3.8, 4) is 0 Å². The van der Waals surface area contributed by atoms with Crippen molar-refractivity contribution in [3.63, 3.8) is 0 Å². The van der Waals surface area contributed by atoms with Gasteiger partial charge in [0.1, 0.15) is 0 Å². The molecule has 0 spiro atoms. The van der Waals surface area contributed by atoms with Gasteiger partial charge in [-0.2, -0.15) is 4.52 Å². The number of fused-ring (bicyclic) bond motifs is 1. The molecule has 0 saturated heterocycles. The first-order valence-corrected chi connectivity index (χ1v) is 8.90. The second-order valence-corrected chi connectivity index (χ2v) is 6.58. The molecule has 27 heavy (non-hydrogen) atoms. The number of hydrogen-bond donors (Lipinski definition) is 2. The number of pyridine rings is 1. The van der Waals surface area contributed by atoms with Crippen LogP contribution in [0.5, 0.6) is 0 Å². The van der Waals surface area contributed by atoms with Gasteiger partial charge in [0.15, 0.2) is 0 Å². The lowest BCUT2D eigenvalue weighted by atomic mass is 10.1. The zero-order chi connectivity index (χ0) is 18.6. The van der Waals surface area contributed by atoms with E-state index in [2.05, 4.69) is 25.7 Å². The number of nitrogens with zero attached hydrogens (tertiary/aromatic N) is 4. The maximum atomic E-state index is 12.2. The molecular weight excluding hydrogens is 364 g/mol. The minimum Gasteiger partial charge on any atom is -0.356 e. The standard InChI is InChI=1S/C18H14N6O2S/c25-15-7-10-20-18-24(15)23-17(27-18)21-11-12-1-3-13(4-2-12)16(26)22-14-5-8-19-9-6-14/h1-10H,11H2,(H,21,23)(H,19,22,26). The molecule has 8 nitrogen and oxygen atoms in total. The van der Waals surface area contributed by atoms with Crippen molar-refractivity contribution in [2.45, 2.75) is 6.54 Å². The van der Waals surface area contributed by atoms with Crippen LogP contribution in [0.2, 0.25) is 0 Å². The van der Waals surface area contributed by atoms with Gasteiger partial charge < -0.3 is 10.6 Å². The van der Waals surface area contributed by atoms with Gasteiger partial charge in [-0.3, -0.25) is 14.6 Å². The Kier molecular flexibility index (Phi) is 4.58. The van der Waals surface area contributed by atoms with Crippen LogP contribution in [-0.2, 0) is 6.54 Å². The van der Waals surface area contributed by atoms with E-state index >= 15 is 0 Å². The van der Waals surface area contributed by atoms with Gasteiger partial charge in [0.25, 0.3) is 11.5 Å². The first-order chi connectivity index (χ1) is 13.2. The summed E-state index contributed by atoms with van der Waals surface area (Å²) in [7, 11) is 0. The SMILES string of the molecule is O=C(Nc1ccncc1)c1ccc(CNc2nn3c(=O)ccnc3s2)cc1. The molecule has 0 unspecified atom stereocenters. The number of hydrogen-bond acceptors (Lipinski definition) is 7. The fourth-order valence-corrected chi connectivity index (χ4v) is 3.18. The van der Waals surface area contributed by atoms with E-state index in [0.717, 1.165) is 5.56 Å². The average molecular weight is 378 g/mol. The monoisotopic (exact) mass is 378 g/mol. The first-order valence-electron chi connectivity index (χ1n) is 8.08. The van der Waals surface area contributed by atoms with Crippen LogP contribution in [0.25, 0.3) is 4.96 Å². The van der Waals surface area contributed by atoms with Gasteiger partial charge in [-0.15, -0.1) is 5.10 Å². The largest absolute Gasteiger partial charge is 0.356 e. The maximum Gasteiger partial charge on any atom is 0.275 e. The number of rotatable bonds is 5. The Hall–Kier alpha value is -3.59. The molecule has 0 saturated carbocycles. The second-order valence-electron chi connectivity index (χ2n) is 5.63. The van der Waals surface area contributed by atoms with E-state index < -0.39 is 0 Å². The Bertz CT molecular complexity index is 1140. The topological polar surface area (TPSA) is 101 Å². The van der Waals surface area contributed by atoms with Gasteiger partial charge in [-0.1, -0.05) is 23.5 Å². The Balaban J connectivity index is 1.40. The van der Waals surface area contributed by atoms with Crippen LogP contribution < -0.4 is 16.2 Å². The molecule has 1 aromatic carbocycles. The summed E-state index contributed by atoms with van der Waals surface area (Å²) in [5.41, 5.74) is 2.02. The minimum atomic E-state index is -0.214. The summed E-state index contributed by atoms with van der Waals surface area (Å²) in [6.45, 7) is 0.515. The molecule has 9 heteroatoms.